The number of likely N-dealkylation sites (tertiary alicyclic amines) is 1. The van der Waals surface area contributed by atoms with Gasteiger partial charge >= 0.3 is 12.1 Å². The van der Waals surface area contributed by atoms with E-state index < -0.39 is 76.1 Å². The summed E-state index contributed by atoms with van der Waals surface area (Å²) < 4.78 is 77.5. The van der Waals surface area contributed by atoms with Crippen molar-refractivity contribution < 1.29 is 55.0 Å². The van der Waals surface area contributed by atoms with E-state index in [1.165, 1.54) is 33.3 Å². The Balaban J connectivity index is 2.23. The summed E-state index contributed by atoms with van der Waals surface area (Å²) in [6, 6.07) is 2.19. The minimum atomic E-state index is -5.10. The van der Waals surface area contributed by atoms with Gasteiger partial charge in [-0.15, -0.1) is 0 Å². The Morgan fingerprint density at radius 3 is 1.98 bits per heavy atom. The van der Waals surface area contributed by atoms with Crippen molar-refractivity contribution in [3.05, 3.63) is 29.8 Å². The number of hydrogen-bond donors (Lipinski definition) is 3. The van der Waals surface area contributed by atoms with E-state index in [4.69, 9.17) is 9.47 Å². The quantitative estimate of drug-likeness (QED) is 0.165. The van der Waals surface area contributed by atoms with Gasteiger partial charge in [-0.3, -0.25) is 33.6 Å². The molecule has 5 amide bonds. The highest BCUT2D eigenvalue weighted by Gasteiger charge is 2.44. The molecule has 15 nitrogen and oxygen atoms in total. The van der Waals surface area contributed by atoms with Gasteiger partial charge in [-0.25, -0.2) is 8.42 Å². The van der Waals surface area contributed by atoms with Gasteiger partial charge in [0.15, 0.2) is 0 Å². The fourth-order valence-corrected chi connectivity index (χ4v) is 9.00. The Kier molecular flexibility index (Phi) is 19.3. The van der Waals surface area contributed by atoms with Crippen LogP contribution in [0, 0.1) is 23.7 Å². The molecule has 3 N–H and O–H groups in total. The van der Waals surface area contributed by atoms with E-state index in [-0.39, 0.29) is 53.1 Å². The molecule has 59 heavy (non-hydrogen) atoms. The first-order valence-electron chi connectivity index (χ1n) is 19.9. The molecule has 1 aromatic rings. The third-order valence-corrected chi connectivity index (χ3v) is 12.3. The van der Waals surface area contributed by atoms with Gasteiger partial charge in [-0.1, -0.05) is 67.0 Å². The lowest BCUT2D eigenvalue weighted by molar-refractivity contribution is -0.167. The number of likely N-dealkylation sites (N-methyl/N-ethyl adjacent to an activating group) is 2. The summed E-state index contributed by atoms with van der Waals surface area (Å²) in [4.78, 5) is 71.3. The predicted octanol–water partition coefficient (Wildman–Crippen LogP) is 3.78. The van der Waals surface area contributed by atoms with Crippen LogP contribution < -0.4 is 15.4 Å². The van der Waals surface area contributed by atoms with E-state index in [9.17, 15) is 45.6 Å². The molecule has 0 radical (unpaired) electrons. The molecule has 1 fully saturated rings. The summed E-state index contributed by atoms with van der Waals surface area (Å²) in [5.41, 5.74) is -0.0544. The molecule has 8 atom stereocenters. The van der Waals surface area contributed by atoms with Crippen molar-refractivity contribution >= 4 is 45.2 Å². The molecular weight excluding hydrogens is 798 g/mol. The highest BCUT2D eigenvalue weighted by atomic mass is 32.2. The Hall–Kier alpha value is -3.81. The minimum Gasteiger partial charge on any atom is -0.379 e. The first-order chi connectivity index (χ1) is 27.3. The molecule has 0 bridgehead atoms. The van der Waals surface area contributed by atoms with Crippen LogP contribution in [0.5, 0.6) is 0 Å². The molecule has 0 saturated carbocycles. The minimum absolute atomic E-state index is 0.00562. The number of carbonyl (C=O) groups excluding carboxylic acids is 5. The van der Waals surface area contributed by atoms with E-state index in [0.717, 1.165) is 12.1 Å². The number of sulfonamides is 1. The largest absolute Gasteiger partial charge is 0.471 e. The normalized spacial score (nSPS) is 18.5. The van der Waals surface area contributed by atoms with Crippen molar-refractivity contribution in [1.29, 1.82) is 0 Å². The summed E-state index contributed by atoms with van der Waals surface area (Å²) in [7, 11) is 3.83. The average Bonchev–Trinajstić information content (AvgIpc) is 3.62. The van der Waals surface area contributed by atoms with E-state index in [1.54, 1.807) is 22.2 Å². The third-order valence-electron chi connectivity index (χ3n) is 11.0. The smallest absolute Gasteiger partial charge is 0.379 e. The summed E-state index contributed by atoms with van der Waals surface area (Å²) in [6.45, 7) is 13.4. The Bertz CT molecular complexity index is 1690. The van der Waals surface area contributed by atoms with Crippen molar-refractivity contribution in [2.75, 3.05) is 47.2 Å². The van der Waals surface area contributed by atoms with Crippen molar-refractivity contribution in [2.24, 2.45) is 23.7 Å². The number of hydrogen-bond acceptors (Lipinski definition) is 10. The molecule has 1 aromatic carbocycles. The SMILES string of the molecule is CC[C@H](C)[C@@H]([C@H](CC(=O)N1CCC[C@H]1[C@H](OC)[C@@H](C)C(=O)NS(=O)(=O)Cc1ccc(NC(=O)C(F)(F)F)cc1)OC)N(C)C(=O)[C@@H](NC(=O)[C@H](C(C)C)N(C)C)C(C)C. The average molecular weight is 863 g/mol. The standard InChI is InChI=1S/C40H65F3N6O9S/c1-13-25(6)34(48(10)38(53)32(23(2)3)45-37(52)33(24(4)5)47(8)9)30(57-11)21-31(50)49-20-14-15-29(49)35(58-12)26(7)36(51)46-59(55,56)22-27-16-18-28(19-17-27)44-39(54)40(41,42)43/h16-19,23-26,29-30,32-35H,13-15,20-22H2,1-12H3,(H,44,54)(H,45,52)(H,46,51)/t25-,26+,29-,30-,32-,33-,34-,35+/m0/s1. The zero-order valence-corrected chi connectivity index (χ0v) is 37.2. The zero-order chi connectivity index (χ0) is 45.2. The van der Waals surface area contributed by atoms with Crippen molar-refractivity contribution in [1.82, 2.24) is 24.7 Å². The molecule has 19 heteroatoms. The molecule has 0 aromatic heterocycles. The van der Waals surface area contributed by atoms with Crippen LogP contribution in [0.2, 0.25) is 0 Å². The molecule has 0 spiro atoms. The molecule has 0 aliphatic carbocycles. The van der Waals surface area contributed by atoms with E-state index in [2.05, 4.69) is 5.32 Å². The molecule has 0 unspecified atom stereocenters. The van der Waals surface area contributed by atoms with Gasteiger partial charge in [0.25, 0.3) is 0 Å². The van der Waals surface area contributed by atoms with Crippen molar-refractivity contribution in [3.8, 4) is 0 Å². The summed E-state index contributed by atoms with van der Waals surface area (Å²) in [6.07, 6.45) is -5.15. The van der Waals surface area contributed by atoms with E-state index in [0.29, 0.717) is 25.8 Å². The number of alkyl halides is 3. The Morgan fingerprint density at radius 2 is 1.51 bits per heavy atom. The van der Waals surface area contributed by atoms with Crippen LogP contribution >= 0.6 is 0 Å². The van der Waals surface area contributed by atoms with E-state index >= 15 is 0 Å². The molecule has 1 aliphatic heterocycles. The number of carbonyl (C=O) groups is 5. The van der Waals surface area contributed by atoms with E-state index in [1.807, 2.05) is 65.3 Å². The zero-order valence-electron chi connectivity index (χ0n) is 36.4. The third kappa shape index (κ3) is 14.1. The Labute approximate surface area is 347 Å². The maximum absolute atomic E-state index is 14.2. The summed E-state index contributed by atoms with van der Waals surface area (Å²) in [5, 5.41) is 4.65. The highest BCUT2D eigenvalue weighted by Crippen LogP contribution is 2.30. The molecule has 1 saturated heterocycles. The first kappa shape index (κ1) is 51.3. The number of halogens is 3. The number of benzene rings is 1. The second-order valence-electron chi connectivity index (χ2n) is 16.3. The molecule has 1 heterocycles. The summed E-state index contributed by atoms with van der Waals surface area (Å²) in [5.74, 6) is -6.03. The highest BCUT2D eigenvalue weighted by molar-refractivity contribution is 7.89. The number of amides is 5. The van der Waals surface area contributed by atoms with Crippen LogP contribution in [0.3, 0.4) is 0 Å². The van der Waals surface area contributed by atoms with Crippen LogP contribution in [0.1, 0.15) is 79.7 Å². The Morgan fingerprint density at radius 1 is 0.915 bits per heavy atom. The summed E-state index contributed by atoms with van der Waals surface area (Å²) >= 11 is 0. The van der Waals surface area contributed by atoms with Gasteiger partial charge in [0.1, 0.15) is 6.04 Å². The van der Waals surface area contributed by atoms with Gasteiger partial charge in [0.2, 0.25) is 33.7 Å². The number of nitrogens with one attached hydrogen (secondary N) is 3. The molecule has 336 valence electrons. The molecule has 2 rings (SSSR count). The van der Waals surface area contributed by atoms with Crippen LogP contribution in [0.15, 0.2) is 24.3 Å². The predicted molar refractivity (Wildman–Crippen MR) is 217 cm³/mol. The topological polar surface area (TPSA) is 184 Å². The fraction of sp³-hybridized carbons (Fsp3) is 0.725. The number of nitrogens with zero attached hydrogens (tertiary/aromatic N) is 3. The van der Waals surface area contributed by atoms with Gasteiger partial charge in [-0.05, 0) is 62.4 Å². The van der Waals surface area contributed by atoms with Crippen LogP contribution in [-0.2, 0) is 49.2 Å². The van der Waals surface area contributed by atoms with Gasteiger partial charge in [0, 0.05) is 33.5 Å². The monoisotopic (exact) mass is 862 g/mol. The van der Waals surface area contributed by atoms with Crippen LogP contribution in [0.4, 0.5) is 18.9 Å². The maximum atomic E-state index is 14.2. The van der Waals surface area contributed by atoms with Gasteiger partial charge in [0.05, 0.1) is 48.4 Å². The first-order valence-corrected chi connectivity index (χ1v) is 21.6. The lowest BCUT2D eigenvalue weighted by Crippen LogP contribution is -2.59. The number of methoxy groups -OCH3 is 2. The second kappa shape index (κ2) is 22.2. The van der Waals surface area contributed by atoms with Crippen molar-refractivity contribution in [2.45, 2.75) is 122 Å². The maximum Gasteiger partial charge on any atom is 0.471 e. The van der Waals surface area contributed by atoms with Crippen molar-refractivity contribution in [3.63, 3.8) is 0 Å². The molecular formula is C40H65F3N6O9S. The number of anilines is 1. The number of ether oxygens (including phenoxy) is 2. The lowest BCUT2D eigenvalue weighted by atomic mass is 9.89. The lowest BCUT2D eigenvalue weighted by Gasteiger charge is -2.41. The van der Waals surface area contributed by atoms with Crippen LogP contribution in [0.25, 0.3) is 0 Å². The molecule has 1 aliphatic rings. The van der Waals surface area contributed by atoms with Gasteiger partial charge in [-0.2, -0.15) is 13.2 Å². The fourth-order valence-electron chi connectivity index (χ4n) is 7.80. The second-order valence-corrected chi connectivity index (χ2v) is 18.1. The van der Waals surface area contributed by atoms with Crippen LogP contribution in [-0.4, -0.2) is 137 Å². The van der Waals surface area contributed by atoms with Gasteiger partial charge < -0.3 is 29.9 Å². The number of rotatable bonds is 21.